The van der Waals surface area contributed by atoms with Gasteiger partial charge >= 0.3 is 0 Å². The van der Waals surface area contributed by atoms with Crippen LogP contribution in [0.2, 0.25) is 0 Å². The van der Waals surface area contributed by atoms with Gasteiger partial charge in [0.05, 0.1) is 33.5 Å². The number of hydrogen-bond donors (Lipinski definition) is 0. The molecule has 3 aromatic heterocycles. The molecule has 0 saturated carbocycles. The summed E-state index contributed by atoms with van der Waals surface area (Å²) in [6.07, 6.45) is 0. The standard InChI is InChI=1S/C47H32N4/c1-47(2)37-20-10-6-18-35(37)45-43(47)42-32-26-25-31(50-39-22-12-8-16-33(39)34-17-9-13-23-40(34)50)28-30(32)24-27-41(42)51(45)46-48-38-21-11-7-19-36(38)44(49-46)29-14-4-3-5-15-29/h3-28H,1-2H3. The molecule has 0 atom stereocenters. The normalized spacial score (nSPS) is 13.5. The number of para-hydroxylation sites is 3. The van der Waals surface area contributed by atoms with Crippen molar-refractivity contribution >= 4 is 54.4 Å². The lowest BCUT2D eigenvalue weighted by Gasteiger charge is -2.22. The van der Waals surface area contributed by atoms with Crippen LogP contribution < -0.4 is 0 Å². The Balaban J connectivity index is 1.23. The molecule has 0 amide bonds. The lowest BCUT2D eigenvalue weighted by molar-refractivity contribution is 0.666. The van der Waals surface area contributed by atoms with Crippen LogP contribution in [0.15, 0.2) is 158 Å². The third-order valence-electron chi connectivity index (χ3n) is 11.1. The van der Waals surface area contributed by atoms with Gasteiger partial charge in [-0.2, -0.15) is 0 Å². The number of benzene rings is 7. The zero-order valence-electron chi connectivity index (χ0n) is 28.3. The molecule has 0 bridgehead atoms. The first-order valence-electron chi connectivity index (χ1n) is 17.6. The van der Waals surface area contributed by atoms with Gasteiger partial charge in [-0.1, -0.05) is 135 Å². The van der Waals surface area contributed by atoms with Gasteiger partial charge in [-0.15, -0.1) is 0 Å². The number of fused-ring (bicyclic) bond motifs is 11. The molecule has 0 aliphatic heterocycles. The summed E-state index contributed by atoms with van der Waals surface area (Å²) in [6.45, 7) is 4.73. The first kappa shape index (κ1) is 28.3. The van der Waals surface area contributed by atoms with Gasteiger partial charge in [0.25, 0.3) is 0 Å². The average Bonchev–Trinajstić information content (AvgIpc) is 3.79. The van der Waals surface area contributed by atoms with E-state index in [4.69, 9.17) is 9.97 Å². The van der Waals surface area contributed by atoms with Crippen molar-refractivity contribution < 1.29 is 0 Å². The summed E-state index contributed by atoms with van der Waals surface area (Å²) in [5, 5.41) is 7.28. The predicted molar refractivity (Wildman–Crippen MR) is 211 cm³/mol. The Morgan fingerprint density at radius 3 is 1.96 bits per heavy atom. The summed E-state index contributed by atoms with van der Waals surface area (Å²) in [5.74, 6) is 0.688. The zero-order valence-corrected chi connectivity index (χ0v) is 28.3. The van der Waals surface area contributed by atoms with E-state index in [2.05, 4.69) is 181 Å². The fourth-order valence-electron chi connectivity index (χ4n) is 8.87. The second-order valence-corrected chi connectivity index (χ2v) is 14.2. The molecule has 0 saturated heterocycles. The van der Waals surface area contributed by atoms with Crippen LogP contribution >= 0.6 is 0 Å². The monoisotopic (exact) mass is 652 g/mol. The summed E-state index contributed by atoms with van der Waals surface area (Å²) >= 11 is 0. The first-order chi connectivity index (χ1) is 25.1. The van der Waals surface area contributed by atoms with Crippen LogP contribution in [0.5, 0.6) is 0 Å². The Labute approximate surface area is 294 Å². The molecule has 0 N–H and O–H groups in total. The topological polar surface area (TPSA) is 35.6 Å². The highest BCUT2D eigenvalue weighted by molar-refractivity contribution is 6.15. The number of rotatable bonds is 3. The van der Waals surface area contributed by atoms with E-state index < -0.39 is 0 Å². The molecule has 1 aliphatic rings. The van der Waals surface area contributed by atoms with Crippen molar-refractivity contribution in [3.8, 4) is 34.2 Å². The molecular weight excluding hydrogens is 621 g/mol. The van der Waals surface area contributed by atoms with Crippen molar-refractivity contribution in [1.29, 1.82) is 0 Å². The number of hydrogen-bond acceptors (Lipinski definition) is 2. The molecule has 7 aromatic carbocycles. The minimum absolute atomic E-state index is 0.228. The van der Waals surface area contributed by atoms with Crippen molar-refractivity contribution in [2.75, 3.05) is 0 Å². The molecule has 10 aromatic rings. The molecule has 0 unspecified atom stereocenters. The molecule has 4 nitrogen and oxygen atoms in total. The van der Waals surface area contributed by atoms with Gasteiger partial charge in [-0.05, 0) is 58.3 Å². The number of aromatic nitrogens is 4. The highest BCUT2D eigenvalue weighted by Gasteiger charge is 2.41. The van der Waals surface area contributed by atoms with Crippen molar-refractivity contribution in [3.05, 3.63) is 169 Å². The molecular formula is C47H32N4. The minimum Gasteiger partial charge on any atom is -0.309 e. The lowest BCUT2D eigenvalue weighted by Crippen LogP contribution is -2.14. The van der Waals surface area contributed by atoms with E-state index in [1.165, 1.54) is 60.3 Å². The van der Waals surface area contributed by atoms with E-state index in [9.17, 15) is 0 Å². The quantitative estimate of drug-likeness (QED) is 0.190. The molecule has 4 heteroatoms. The first-order valence-corrected chi connectivity index (χ1v) is 17.6. The predicted octanol–water partition coefficient (Wildman–Crippen LogP) is 11.8. The second-order valence-electron chi connectivity index (χ2n) is 14.2. The summed E-state index contributed by atoms with van der Waals surface area (Å²) < 4.78 is 4.73. The maximum atomic E-state index is 5.40. The van der Waals surface area contributed by atoms with Gasteiger partial charge in [0, 0.05) is 43.8 Å². The van der Waals surface area contributed by atoms with Crippen molar-refractivity contribution in [1.82, 2.24) is 19.1 Å². The van der Waals surface area contributed by atoms with Crippen LogP contribution in [0.3, 0.4) is 0 Å². The SMILES string of the molecule is CC1(C)c2ccccc2-c2c1c1c3ccc(-n4c5ccccc5c5ccccc54)cc3ccc1n2-c1nc(-c2ccccc2)c2ccccc2n1. The van der Waals surface area contributed by atoms with E-state index in [1.54, 1.807) is 0 Å². The van der Waals surface area contributed by atoms with E-state index in [-0.39, 0.29) is 5.41 Å². The second kappa shape index (κ2) is 10.3. The van der Waals surface area contributed by atoms with Crippen LogP contribution in [-0.2, 0) is 5.41 Å². The third-order valence-corrected chi connectivity index (χ3v) is 11.1. The maximum Gasteiger partial charge on any atom is 0.235 e. The Hall–Kier alpha value is -6.52. The van der Waals surface area contributed by atoms with Crippen LogP contribution in [-0.4, -0.2) is 19.1 Å². The Bertz CT molecular complexity index is 3000. The van der Waals surface area contributed by atoms with Gasteiger partial charge in [0.1, 0.15) is 0 Å². The summed E-state index contributed by atoms with van der Waals surface area (Å²) in [5.41, 5.74) is 12.5. The van der Waals surface area contributed by atoms with Gasteiger partial charge in [0.15, 0.2) is 0 Å². The molecule has 51 heavy (non-hydrogen) atoms. The molecule has 0 spiro atoms. The molecule has 1 aliphatic carbocycles. The van der Waals surface area contributed by atoms with Crippen LogP contribution in [0.25, 0.3) is 88.5 Å². The van der Waals surface area contributed by atoms with Crippen molar-refractivity contribution in [3.63, 3.8) is 0 Å². The fraction of sp³-hybridized carbons (Fsp3) is 0.0638. The maximum absolute atomic E-state index is 5.40. The van der Waals surface area contributed by atoms with Crippen molar-refractivity contribution in [2.24, 2.45) is 0 Å². The molecule has 11 rings (SSSR count). The number of nitrogens with zero attached hydrogens (tertiary/aromatic N) is 4. The molecule has 3 heterocycles. The van der Waals surface area contributed by atoms with E-state index >= 15 is 0 Å². The Morgan fingerprint density at radius 2 is 1.18 bits per heavy atom. The highest BCUT2D eigenvalue weighted by Crippen LogP contribution is 2.55. The largest absolute Gasteiger partial charge is 0.309 e. The summed E-state index contributed by atoms with van der Waals surface area (Å²) in [6, 6.07) is 56.6. The van der Waals surface area contributed by atoms with Gasteiger partial charge < -0.3 is 4.57 Å². The smallest absolute Gasteiger partial charge is 0.235 e. The summed E-state index contributed by atoms with van der Waals surface area (Å²) in [7, 11) is 0. The average molecular weight is 653 g/mol. The van der Waals surface area contributed by atoms with E-state index in [0.29, 0.717) is 5.95 Å². The third kappa shape index (κ3) is 3.85. The highest BCUT2D eigenvalue weighted by atomic mass is 15.2. The fourth-order valence-corrected chi connectivity index (χ4v) is 8.87. The van der Waals surface area contributed by atoms with Crippen molar-refractivity contribution in [2.45, 2.75) is 19.3 Å². The van der Waals surface area contributed by atoms with Gasteiger partial charge in [-0.3, -0.25) is 4.57 Å². The van der Waals surface area contributed by atoms with Crippen LogP contribution in [0.4, 0.5) is 0 Å². The van der Waals surface area contributed by atoms with E-state index in [1.807, 2.05) is 0 Å². The van der Waals surface area contributed by atoms with Crippen LogP contribution in [0.1, 0.15) is 25.0 Å². The van der Waals surface area contributed by atoms with Gasteiger partial charge in [0.2, 0.25) is 5.95 Å². The molecule has 240 valence electrons. The Morgan fingerprint density at radius 1 is 0.510 bits per heavy atom. The minimum atomic E-state index is -0.228. The molecule has 0 radical (unpaired) electrons. The van der Waals surface area contributed by atoms with Gasteiger partial charge in [-0.25, -0.2) is 9.97 Å². The zero-order chi connectivity index (χ0) is 33.8. The Kier molecular flexibility index (Phi) is 5.70. The lowest BCUT2D eigenvalue weighted by atomic mass is 9.81. The van der Waals surface area contributed by atoms with Crippen LogP contribution in [0, 0.1) is 0 Å². The van der Waals surface area contributed by atoms with E-state index in [0.717, 1.165) is 33.4 Å². The summed E-state index contributed by atoms with van der Waals surface area (Å²) in [4.78, 5) is 10.7. The molecule has 0 fully saturated rings.